The number of rotatable bonds is 0. The molecule has 0 saturated heterocycles. The molecule has 0 N–H and O–H groups in total. The second-order valence-electron chi connectivity index (χ2n) is 4.03. The fourth-order valence-electron chi connectivity index (χ4n) is 1.73. The first-order chi connectivity index (χ1) is 9.31. The molecule has 0 saturated carbocycles. The maximum Gasteiger partial charge on any atom is 0.124 e. The highest BCUT2D eigenvalue weighted by molar-refractivity contribution is 5.75. The molecule has 0 radical (unpaired) electrons. The van der Waals surface area contributed by atoms with E-state index in [1.807, 2.05) is 18.2 Å². The molecule has 0 aliphatic heterocycles. The van der Waals surface area contributed by atoms with Gasteiger partial charge in [-0.05, 0) is 36.4 Å². The third-order valence-electron chi connectivity index (χ3n) is 2.63. The standard InChI is InChI=1S/C16H9FN2/c17-14-4-1-3-12(9-14)6-7-13-10-16-15(19-11-13)5-2-8-18-16/h1-5,8-11H. The number of benzene rings is 1. The molecule has 3 heteroatoms. The van der Waals surface area contributed by atoms with Crippen LogP contribution in [-0.2, 0) is 0 Å². The van der Waals surface area contributed by atoms with Crippen molar-refractivity contribution in [3.8, 4) is 11.8 Å². The highest BCUT2D eigenvalue weighted by atomic mass is 19.1. The lowest BCUT2D eigenvalue weighted by Gasteiger charge is -1.95. The Labute approximate surface area is 110 Å². The summed E-state index contributed by atoms with van der Waals surface area (Å²) in [4.78, 5) is 8.49. The molecular weight excluding hydrogens is 239 g/mol. The van der Waals surface area contributed by atoms with Crippen LogP contribution in [0.25, 0.3) is 11.0 Å². The van der Waals surface area contributed by atoms with E-state index in [4.69, 9.17) is 0 Å². The second kappa shape index (κ2) is 4.87. The van der Waals surface area contributed by atoms with Crippen LogP contribution in [-0.4, -0.2) is 9.97 Å². The van der Waals surface area contributed by atoms with Crippen LogP contribution in [0.2, 0.25) is 0 Å². The van der Waals surface area contributed by atoms with Crippen molar-refractivity contribution in [2.45, 2.75) is 0 Å². The number of halogens is 1. The molecule has 0 aliphatic rings. The molecule has 19 heavy (non-hydrogen) atoms. The molecule has 0 amide bonds. The molecule has 90 valence electrons. The summed E-state index contributed by atoms with van der Waals surface area (Å²) >= 11 is 0. The zero-order valence-electron chi connectivity index (χ0n) is 9.97. The minimum absolute atomic E-state index is 0.287. The Morgan fingerprint density at radius 1 is 0.842 bits per heavy atom. The summed E-state index contributed by atoms with van der Waals surface area (Å²) < 4.78 is 13.0. The number of fused-ring (bicyclic) bond motifs is 1. The van der Waals surface area contributed by atoms with Gasteiger partial charge < -0.3 is 0 Å². The first-order valence-electron chi connectivity index (χ1n) is 5.80. The summed E-state index contributed by atoms with van der Waals surface area (Å²) in [5, 5.41) is 0. The maximum absolute atomic E-state index is 13.0. The summed E-state index contributed by atoms with van der Waals surface area (Å²) in [5.41, 5.74) is 3.03. The van der Waals surface area contributed by atoms with E-state index < -0.39 is 0 Å². The molecule has 0 atom stereocenters. The van der Waals surface area contributed by atoms with Crippen LogP contribution in [0.5, 0.6) is 0 Å². The molecule has 0 fully saturated rings. The second-order valence-corrected chi connectivity index (χ2v) is 4.03. The van der Waals surface area contributed by atoms with Crippen LogP contribution in [0.1, 0.15) is 11.1 Å². The van der Waals surface area contributed by atoms with Gasteiger partial charge in [0.2, 0.25) is 0 Å². The van der Waals surface area contributed by atoms with E-state index in [1.54, 1.807) is 24.5 Å². The van der Waals surface area contributed by atoms with Gasteiger partial charge in [0.05, 0.1) is 11.0 Å². The highest BCUT2D eigenvalue weighted by Gasteiger charge is 1.96. The minimum atomic E-state index is -0.287. The van der Waals surface area contributed by atoms with Gasteiger partial charge >= 0.3 is 0 Å². The summed E-state index contributed by atoms with van der Waals surface area (Å²) in [5.74, 6) is 5.58. The van der Waals surface area contributed by atoms with Gasteiger partial charge in [0.25, 0.3) is 0 Å². The topological polar surface area (TPSA) is 25.8 Å². The molecule has 2 heterocycles. The minimum Gasteiger partial charge on any atom is -0.255 e. The molecule has 3 rings (SSSR count). The van der Waals surface area contributed by atoms with Crippen molar-refractivity contribution in [1.82, 2.24) is 9.97 Å². The van der Waals surface area contributed by atoms with E-state index in [-0.39, 0.29) is 5.82 Å². The first-order valence-corrected chi connectivity index (χ1v) is 5.80. The van der Waals surface area contributed by atoms with Crippen molar-refractivity contribution < 1.29 is 4.39 Å². The van der Waals surface area contributed by atoms with Gasteiger partial charge in [-0.15, -0.1) is 0 Å². The summed E-state index contributed by atoms with van der Waals surface area (Å²) in [6.07, 6.45) is 3.41. The van der Waals surface area contributed by atoms with Crippen molar-refractivity contribution in [1.29, 1.82) is 0 Å². The van der Waals surface area contributed by atoms with Gasteiger partial charge in [-0.25, -0.2) is 4.39 Å². The quantitative estimate of drug-likeness (QED) is 0.571. The molecule has 1 aromatic carbocycles. The summed E-state index contributed by atoms with van der Waals surface area (Å²) in [6.45, 7) is 0. The predicted octanol–water partition coefficient (Wildman–Crippen LogP) is 3.17. The third-order valence-corrected chi connectivity index (χ3v) is 2.63. The van der Waals surface area contributed by atoms with Crippen molar-refractivity contribution in [2.75, 3.05) is 0 Å². The average molecular weight is 248 g/mol. The largest absolute Gasteiger partial charge is 0.255 e. The van der Waals surface area contributed by atoms with Gasteiger partial charge in [0.15, 0.2) is 0 Å². The zero-order valence-corrected chi connectivity index (χ0v) is 9.97. The average Bonchev–Trinajstić information content (AvgIpc) is 2.45. The molecule has 2 aromatic heterocycles. The lowest BCUT2D eigenvalue weighted by Crippen LogP contribution is -1.84. The molecule has 2 nitrogen and oxygen atoms in total. The maximum atomic E-state index is 13.0. The SMILES string of the molecule is Fc1cccc(C#Cc2cnc3cccnc3c2)c1. The monoisotopic (exact) mass is 248 g/mol. The first kappa shape index (κ1) is 11.4. The molecule has 0 aliphatic carbocycles. The van der Waals surface area contributed by atoms with Crippen LogP contribution < -0.4 is 0 Å². The Kier molecular flexibility index (Phi) is 2.91. The smallest absolute Gasteiger partial charge is 0.124 e. The van der Waals surface area contributed by atoms with Gasteiger partial charge in [-0.3, -0.25) is 9.97 Å². The van der Waals surface area contributed by atoms with Crippen LogP contribution in [0, 0.1) is 17.7 Å². The van der Waals surface area contributed by atoms with Crippen molar-refractivity contribution in [3.05, 3.63) is 71.8 Å². The van der Waals surface area contributed by atoms with E-state index >= 15 is 0 Å². The van der Waals surface area contributed by atoms with Crippen LogP contribution in [0.3, 0.4) is 0 Å². The Morgan fingerprint density at radius 2 is 1.74 bits per heavy atom. The fourth-order valence-corrected chi connectivity index (χ4v) is 1.73. The molecule has 3 aromatic rings. The van der Waals surface area contributed by atoms with Crippen LogP contribution >= 0.6 is 0 Å². The normalized spacial score (nSPS) is 9.95. The Morgan fingerprint density at radius 3 is 2.63 bits per heavy atom. The van der Waals surface area contributed by atoms with E-state index in [1.165, 1.54) is 12.1 Å². The lowest BCUT2D eigenvalue weighted by atomic mass is 10.2. The summed E-state index contributed by atoms with van der Waals surface area (Å²) in [7, 11) is 0. The lowest BCUT2D eigenvalue weighted by molar-refractivity contribution is 0.627. The Hall–Kier alpha value is -2.73. The third kappa shape index (κ3) is 2.58. The fraction of sp³-hybridized carbons (Fsp3) is 0. The van der Waals surface area contributed by atoms with Gasteiger partial charge in [-0.2, -0.15) is 0 Å². The van der Waals surface area contributed by atoms with E-state index in [0.29, 0.717) is 5.56 Å². The van der Waals surface area contributed by atoms with Crippen LogP contribution in [0.4, 0.5) is 4.39 Å². The van der Waals surface area contributed by atoms with Gasteiger partial charge in [0, 0.05) is 23.5 Å². The zero-order chi connectivity index (χ0) is 13.1. The van der Waals surface area contributed by atoms with Gasteiger partial charge in [0.1, 0.15) is 5.82 Å². The molecule has 0 bridgehead atoms. The van der Waals surface area contributed by atoms with Crippen molar-refractivity contribution in [2.24, 2.45) is 0 Å². The number of pyridine rings is 2. The summed E-state index contributed by atoms with van der Waals surface area (Å²) in [6, 6.07) is 11.8. The van der Waals surface area contributed by atoms with E-state index in [2.05, 4.69) is 21.8 Å². The van der Waals surface area contributed by atoms with Crippen molar-refractivity contribution >= 4 is 11.0 Å². The number of hydrogen-bond donors (Lipinski definition) is 0. The van der Waals surface area contributed by atoms with Crippen molar-refractivity contribution in [3.63, 3.8) is 0 Å². The predicted molar refractivity (Wildman–Crippen MR) is 71.9 cm³/mol. The number of aromatic nitrogens is 2. The van der Waals surface area contributed by atoms with Gasteiger partial charge in [-0.1, -0.05) is 17.9 Å². The Bertz CT molecular complexity index is 800. The molecular formula is C16H9FN2. The molecule has 0 spiro atoms. The van der Waals surface area contributed by atoms with E-state index in [0.717, 1.165) is 16.6 Å². The number of hydrogen-bond acceptors (Lipinski definition) is 2. The number of nitrogens with zero attached hydrogens (tertiary/aromatic N) is 2. The molecule has 0 unspecified atom stereocenters. The van der Waals surface area contributed by atoms with Crippen LogP contribution in [0.15, 0.2) is 54.9 Å². The highest BCUT2D eigenvalue weighted by Crippen LogP contribution is 2.09. The van der Waals surface area contributed by atoms with E-state index in [9.17, 15) is 4.39 Å². The Balaban J connectivity index is 1.98.